The summed E-state index contributed by atoms with van der Waals surface area (Å²) in [5.41, 5.74) is 0.0136. The van der Waals surface area contributed by atoms with Gasteiger partial charge in [-0.2, -0.15) is 0 Å². The maximum absolute atomic E-state index is 13.9. The highest BCUT2D eigenvalue weighted by Gasteiger charge is 2.35. The van der Waals surface area contributed by atoms with Crippen LogP contribution in [0.25, 0.3) is 0 Å². The first-order valence-corrected chi connectivity index (χ1v) is 7.02. The Labute approximate surface area is 122 Å². The van der Waals surface area contributed by atoms with Gasteiger partial charge in [-0.15, -0.1) is 0 Å². The Kier molecular flexibility index (Phi) is 5.22. The number of benzene rings is 1. The molecule has 1 aliphatic carbocycles. The van der Waals surface area contributed by atoms with E-state index in [9.17, 15) is 17.6 Å². The molecule has 1 N–H and O–H groups in total. The molecule has 1 unspecified atom stereocenters. The molecule has 1 saturated carbocycles. The van der Waals surface area contributed by atoms with Crippen molar-refractivity contribution < 1.29 is 17.6 Å². The van der Waals surface area contributed by atoms with Crippen LogP contribution >= 0.6 is 0 Å². The van der Waals surface area contributed by atoms with Gasteiger partial charge < -0.3 is 10.2 Å². The number of nitrogens with zero attached hydrogens (tertiary/aromatic N) is 1. The number of halogens is 4. The second kappa shape index (κ2) is 6.75. The van der Waals surface area contributed by atoms with Crippen molar-refractivity contribution in [3.8, 4) is 0 Å². The van der Waals surface area contributed by atoms with Gasteiger partial charge in [0, 0.05) is 24.1 Å². The molecule has 1 aliphatic rings. The van der Waals surface area contributed by atoms with Crippen molar-refractivity contribution >= 4 is 0 Å². The highest BCUT2D eigenvalue weighted by atomic mass is 19.3. The number of likely N-dealkylation sites (N-methyl/N-ethyl adjacent to an activating group) is 1. The summed E-state index contributed by atoms with van der Waals surface area (Å²) < 4.78 is 52.5. The molecule has 0 saturated heterocycles. The van der Waals surface area contributed by atoms with E-state index in [1.54, 1.807) is 19.0 Å². The van der Waals surface area contributed by atoms with Gasteiger partial charge in [0.25, 0.3) is 0 Å². The van der Waals surface area contributed by atoms with E-state index in [4.69, 9.17) is 0 Å². The van der Waals surface area contributed by atoms with Gasteiger partial charge in [-0.05, 0) is 39.1 Å². The molecule has 0 spiro atoms. The van der Waals surface area contributed by atoms with Gasteiger partial charge in [-0.1, -0.05) is 6.07 Å². The minimum absolute atomic E-state index is 0.00119. The average Bonchev–Trinajstić information content (AvgIpc) is 2.33. The highest BCUT2D eigenvalue weighted by Crippen LogP contribution is 2.33. The minimum atomic E-state index is -2.28. The molecule has 1 aromatic carbocycles. The van der Waals surface area contributed by atoms with Crippen molar-refractivity contribution in [1.82, 2.24) is 10.2 Å². The molecule has 118 valence electrons. The van der Waals surface area contributed by atoms with E-state index in [-0.39, 0.29) is 11.6 Å². The fourth-order valence-corrected chi connectivity index (χ4v) is 2.68. The van der Waals surface area contributed by atoms with Gasteiger partial charge in [0.2, 0.25) is 6.43 Å². The van der Waals surface area contributed by atoms with Crippen molar-refractivity contribution in [3.05, 3.63) is 35.4 Å². The van der Waals surface area contributed by atoms with Crippen LogP contribution in [0.5, 0.6) is 0 Å². The minimum Gasteiger partial charge on any atom is -0.312 e. The van der Waals surface area contributed by atoms with Crippen molar-refractivity contribution in [1.29, 1.82) is 0 Å². The maximum Gasteiger partial charge on any atom is 0.241 e. The van der Waals surface area contributed by atoms with E-state index in [0.29, 0.717) is 19.4 Å². The lowest BCUT2D eigenvalue weighted by atomic mass is 9.80. The van der Waals surface area contributed by atoms with Gasteiger partial charge in [0.1, 0.15) is 11.6 Å². The predicted octanol–water partition coefficient (Wildman–Crippen LogP) is 3.20. The van der Waals surface area contributed by atoms with E-state index >= 15 is 0 Å². The summed E-state index contributed by atoms with van der Waals surface area (Å²) >= 11 is 0. The summed E-state index contributed by atoms with van der Waals surface area (Å²) in [5.74, 6) is -1.73. The topological polar surface area (TPSA) is 15.3 Å². The molecule has 2 nitrogen and oxygen atoms in total. The second-order valence-electron chi connectivity index (χ2n) is 5.79. The van der Waals surface area contributed by atoms with Crippen molar-refractivity contribution in [3.63, 3.8) is 0 Å². The van der Waals surface area contributed by atoms with Crippen LogP contribution in [0.3, 0.4) is 0 Å². The lowest BCUT2D eigenvalue weighted by molar-refractivity contribution is 0.0147. The standard InChI is InChI=1S/C15H20F4N2/c1-21(2)13(14-11(16)4-3-5-12(14)17)8-20-10-6-9(7-10)15(18)19/h3-5,9-10,13,15,20H,6-8H2,1-2H3. The SMILES string of the molecule is CN(C)C(CNC1CC(C(F)F)C1)c1c(F)cccc1F. The average molecular weight is 304 g/mol. The Hall–Kier alpha value is -1.14. The number of nitrogens with one attached hydrogen (secondary N) is 1. The van der Waals surface area contributed by atoms with Gasteiger partial charge in [0.15, 0.2) is 0 Å². The molecular weight excluding hydrogens is 284 g/mol. The molecule has 21 heavy (non-hydrogen) atoms. The third kappa shape index (κ3) is 3.74. The Bertz CT molecular complexity index is 452. The number of rotatable bonds is 6. The van der Waals surface area contributed by atoms with Gasteiger partial charge in [-0.25, -0.2) is 17.6 Å². The second-order valence-corrected chi connectivity index (χ2v) is 5.79. The molecule has 0 radical (unpaired) electrons. The molecule has 2 rings (SSSR count). The first kappa shape index (κ1) is 16.2. The lowest BCUT2D eigenvalue weighted by Crippen LogP contribution is -2.46. The summed E-state index contributed by atoms with van der Waals surface area (Å²) in [4.78, 5) is 1.72. The summed E-state index contributed by atoms with van der Waals surface area (Å²) in [6.45, 7) is 0.325. The largest absolute Gasteiger partial charge is 0.312 e. The molecule has 1 fully saturated rings. The number of alkyl halides is 2. The Morgan fingerprint density at radius 3 is 2.24 bits per heavy atom. The van der Waals surface area contributed by atoms with Crippen LogP contribution in [-0.2, 0) is 0 Å². The molecular formula is C15H20F4N2. The van der Waals surface area contributed by atoms with E-state index in [0.717, 1.165) is 0 Å². The summed E-state index contributed by atoms with van der Waals surface area (Å²) in [6.07, 6.45) is -1.45. The van der Waals surface area contributed by atoms with Gasteiger partial charge in [-0.3, -0.25) is 0 Å². The van der Waals surface area contributed by atoms with Crippen LogP contribution in [0, 0.1) is 17.6 Å². The first-order valence-electron chi connectivity index (χ1n) is 7.02. The van der Waals surface area contributed by atoms with Crippen molar-refractivity contribution in [2.24, 2.45) is 5.92 Å². The van der Waals surface area contributed by atoms with Crippen LogP contribution in [0.1, 0.15) is 24.4 Å². The normalized spacial score (nSPS) is 23.4. The fourth-order valence-electron chi connectivity index (χ4n) is 2.68. The van der Waals surface area contributed by atoms with Crippen LogP contribution in [0.4, 0.5) is 17.6 Å². The molecule has 1 atom stereocenters. The molecule has 0 amide bonds. The highest BCUT2D eigenvalue weighted by molar-refractivity contribution is 5.23. The molecule has 0 heterocycles. The van der Waals surface area contributed by atoms with E-state index in [2.05, 4.69) is 5.32 Å². The number of hydrogen-bond donors (Lipinski definition) is 1. The molecule has 0 bridgehead atoms. The first-order chi connectivity index (χ1) is 9.90. The van der Waals surface area contributed by atoms with Crippen LogP contribution in [0.2, 0.25) is 0 Å². The van der Waals surface area contributed by atoms with Gasteiger partial charge >= 0.3 is 0 Å². The van der Waals surface area contributed by atoms with Crippen LogP contribution in [0.15, 0.2) is 18.2 Å². The third-order valence-corrected chi connectivity index (χ3v) is 4.09. The van der Waals surface area contributed by atoms with Crippen LogP contribution in [-0.4, -0.2) is 38.0 Å². The Balaban J connectivity index is 1.98. The predicted molar refractivity (Wildman–Crippen MR) is 73.3 cm³/mol. The molecule has 0 aliphatic heterocycles. The van der Waals surface area contributed by atoms with Crippen LogP contribution < -0.4 is 5.32 Å². The Morgan fingerprint density at radius 1 is 1.19 bits per heavy atom. The molecule has 1 aromatic rings. The van der Waals surface area contributed by atoms with E-state index in [1.807, 2.05) is 0 Å². The smallest absolute Gasteiger partial charge is 0.241 e. The Morgan fingerprint density at radius 2 is 1.76 bits per heavy atom. The molecule has 6 heteroatoms. The fraction of sp³-hybridized carbons (Fsp3) is 0.600. The summed E-state index contributed by atoms with van der Waals surface area (Å²) in [6, 6.07) is 3.31. The van der Waals surface area contributed by atoms with E-state index < -0.39 is 30.0 Å². The summed E-state index contributed by atoms with van der Waals surface area (Å²) in [7, 11) is 3.47. The van der Waals surface area contributed by atoms with Crippen molar-refractivity contribution in [2.45, 2.75) is 31.4 Å². The quantitative estimate of drug-likeness (QED) is 0.812. The zero-order valence-corrected chi connectivity index (χ0v) is 12.1. The zero-order valence-electron chi connectivity index (χ0n) is 12.1. The lowest BCUT2D eigenvalue weighted by Gasteiger charge is -2.37. The molecule has 0 aromatic heterocycles. The van der Waals surface area contributed by atoms with Gasteiger partial charge in [0.05, 0.1) is 6.04 Å². The van der Waals surface area contributed by atoms with E-state index in [1.165, 1.54) is 18.2 Å². The summed E-state index contributed by atoms with van der Waals surface area (Å²) in [5, 5.41) is 3.13. The zero-order chi connectivity index (χ0) is 15.6. The van der Waals surface area contributed by atoms with Crippen molar-refractivity contribution in [2.75, 3.05) is 20.6 Å². The third-order valence-electron chi connectivity index (χ3n) is 4.09. The maximum atomic E-state index is 13.9. The monoisotopic (exact) mass is 304 g/mol. The number of hydrogen-bond acceptors (Lipinski definition) is 2.